The molecule has 0 aliphatic carbocycles. The first kappa shape index (κ1) is 13.1. The molecule has 0 saturated carbocycles. The Hall–Kier alpha value is -1.35. The molecule has 3 heteroatoms. The molecule has 98 valence electrons. The highest BCUT2D eigenvalue weighted by molar-refractivity contribution is 5.94. The molecular formula is C15H22N2O. The summed E-state index contributed by atoms with van der Waals surface area (Å²) in [6.45, 7) is 6.01. The van der Waals surface area contributed by atoms with Crippen molar-refractivity contribution in [2.45, 2.75) is 33.1 Å². The van der Waals surface area contributed by atoms with Crippen LogP contribution < -0.4 is 10.6 Å². The molecule has 3 nitrogen and oxygen atoms in total. The molecule has 1 aromatic carbocycles. The summed E-state index contributed by atoms with van der Waals surface area (Å²) in [6.07, 6.45) is 3.03. The highest BCUT2D eigenvalue weighted by atomic mass is 16.1. The molecule has 1 aliphatic heterocycles. The van der Waals surface area contributed by atoms with Crippen LogP contribution in [0.3, 0.4) is 0 Å². The topological polar surface area (TPSA) is 41.1 Å². The number of aryl methyl sites for hydroxylation is 2. The molecule has 1 aromatic rings. The van der Waals surface area contributed by atoms with Crippen molar-refractivity contribution in [3.8, 4) is 0 Å². The van der Waals surface area contributed by atoms with Crippen LogP contribution in [0.1, 0.15) is 30.9 Å². The number of hydrogen-bond donors (Lipinski definition) is 2. The number of anilines is 1. The molecule has 2 rings (SSSR count). The monoisotopic (exact) mass is 246 g/mol. The first-order chi connectivity index (χ1) is 8.72. The van der Waals surface area contributed by atoms with Crippen LogP contribution in [0.2, 0.25) is 0 Å². The largest absolute Gasteiger partial charge is 0.325 e. The van der Waals surface area contributed by atoms with Gasteiger partial charge in [-0.25, -0.2) is 0 Å². The molecular weight excluding hydrogens is 224 g/mol. The van der Waals surface area contributed by atoms with Crippen molar-refractivity contribution >= 4 is 11.6 Å². The van der Waals surface area contributed by atoms with Gasteiger partial charge in [0.15, 0.2) is 0 Å². The zero-order chi connectivity index (χ0) is 13.0. The van der Waals surface area contributed by atoms with E-state index in [1.165, 1.54) is 5.56 Å². The quantitative estimate of drug-likeness (QED) is 0.860. The zero-order valence-electron chi connectivity index (χ0n) is 11.3. The Morgan fingerprint density at radius 1 is 1.50 bits per heavy atom. The van der Waals surface area contributed by atoms with Gasteiger partial charge in [-0.15, -0.1) is 0 Å². The van der Waals surface area contributed by atoms with E-state index in [0.717, 1.165) is 43.6 Å². The number of carbonyl (C=O) groups excluding carboxylic acids is 1. The smallest absolute Gasteiger partial charge is 0.228 e. The minimum absolute atomic E-state index is 0.114. The molecule has 18 heavy (non-hydrogen) atoms. The van der Waals surface area contributed by atoms with Gasteiger partial charge in [-0.1, -0.05) is 25.1 Å². The van der Waals surface area contributed by atoms with Gasteiger partial charge in [-0.05, 0) is 43.9 Å². The number of nitrogens with one attached hydrogen (secondary N) is 2. The minimum atomic E-state index is 0.114. The summed E-state index contributed by atoms with van der Waals surface area (Å²) in [5.41, 5.74) is 3.37. The first-order valence-electron chi connectivity index (χ1n) is 6.82. The van der Waals surface area contributed by atoms with Crippen LogP contribution in [0.4, 0.5) is 5.69 Å². The second-order valence-electron chi connectivity index (χ2n) is 5.00. The van der Waals surface area contributed by atoms with Gasteiger partial charge in [0.25, 0.3) is 0 Å². The SMILES string of the molecule is CCc1cccc(C)c1NC(=O)[C@H]1CCCNC1. The highest BCUT2D eigenvalue weighted by Gasteiger charge is 2.21. The van der Waals surface area contributed by atoms with E-state index in [4.69, 9.17) is 0 Å². The Kier molecular flexibility index (Phi) is 4.37. The average Bonchev–Trinajstić information content (AvgIpc) is 2.42. The van der Waals surface area contributed by atoms with Gasteiger partial charge < -0.3 is 10.6 Å². The Morgan fingerprint density at radius 3 is 3.00 bits per heavy atom. The van der Waals surface area contributed by atoms with E-state index in [2.05, 4.69) is 23.6 Å². The zero-order valence-corrected chi connectivity index (χ0v) is 11.3. The maximum Gasteiger partial charge on any atom is 0.228 e. The summed E-state index contributed by atoms with van der Waals surface area (Å²) in [5.74, 6) is 0.272. The van der Waals surface area contributed by atoms with Gasteiger partial charge in [0.2, 0.25) is 5.91 Å². The summed E-state index contributed by atoms with van der Waals surface area (Å²) in [5, 5.41) is 6.40. The lowest BCUT2D eigenvalue weighted by molar-refractivity contribution is -0.120. The highest BCUT2D eigenvalue weighted by Crippen LogP contribution is 2.22. The van der Waals surface area contributed by atoms with Crippen LogP contribution in [0.5, 0.6) is 0 Å². The van der Waals surface area contributed by atoms with E-state index in [9.17, 15) is 4.79 Å². The van der Waals surface area contributed by atoms with E-state index in [1.807, 2.05) is 19.1 Å². The molecule has 1 aliphatic rings. The van der Waals surface area contributed by atoms with Crippen LogP contribution in [-0.2, 0) is 11.2 Å². The average molecular weight is 246 g/mol. The summed E-state index contributed by atoms with van der Waals surface area (Å²) in [6, 6.07) is 6.18. The summed E-state index contributed by atoms with van der Waals surface area (Å²) < 4.78 is 0. The van der Waals surface area contributed by atoms with Gasteiger partial charge in [-0.3, -0.25) is 4.79 Å². The number of hydrogen-bond acceptors (Lipinski definition) is 2. The predicted molar refractivity (Wildman–Crippen MR) is 74.8 cm³/mol. The summed E-state index contributed by atoms with van der Waals surface area (Å²) >= 11 is 0. The third-order valence-electron chi connectivity index (χ3n) is 3.66. The number of piperidine rings is 1. The van der Waals surface area contributed by atoms with Gasteiger partial charge in [0, 0.05) is 12.2 Å². The lowest BCUT2D eigenvalue weighted by Crippen LogP contribution is -2.37. The Balaban J connectivity index is 2.10. The summed E-state index contributed by atoms with van der Waals surface area (Å²) in [4.78, 5) is 12.2. The van der Waals surface area contributed by atoms with E-state index in [0.29, 0.717) is 0 Å². The van der Waals surface area contributed by atoms with Crippen molar-refractivity contribution in [3.05, 3.63) is 29.3 Å². The van der Waals surface area contributed by atoms with Gasteiger partial charge >= 0.3 is 0 Å². The Bertz CT molecular complexity index is 423. The maximum atomic E-state index is 12.2. The molecule has 0 spiro atoms. The lowest BCUT2D eigenvalue weighted by atomic mass is 9.98. The maximum absolute atomic E-state index is 12.2. The van der Waals surface area contributed by atoms with Crippen molar-refractivity contribution in [3.63, 3.8) is 0 Å². The number of amides is 1. The van der Waals surface area contributed by atoms with Crippen molar-refractivity contribution in [1.29, 1.82) is 0 Å². The van der Waals surface area contributed by atoms with Crippen molar-refractivity contribution in [2.24, 2.45) is 5.92 Å². The minimum Gasteiger partial charge on any atom is -0.325 e. The predicted octanol–water partition coefficient (Wildman–Crippen LogP) is 2.50. The third-order valence-corrected chi connectivity index (χ3v) is 3.66. The van der Waals surface area contributed by atoms with E-state index in [1.54, 1.807) is 0 Å². The van der Waals surface area contributed by atoms with E-state index < -0.39 is 0 Å². The van der Waals surface area contributed by atoms with Gasteiger partial charge in [-0.2, -0.15) is 0 Å². The molecule has 0 unspecified atom stereocenters. The van der Waals surface area contributed by atoms with Gasteiger partial charge in [0.1, 0.15) is 0 Å². The summed E-state index contributed by atoms with van der Waals surface area (Å²) in [7, 11) is 0. The normalized spacial score (nSPS) is 19.6. The fraction of sp³-hybridized carbons (Fsp3) is 0.533. The van der Waals surface area contributed by atoms with Crippen molar-refractivity contribution < 1.29 is 4.79 Å². The molecule has 0 radical (unpaired) electrons. The molecule has 1 saturated heterocycles. The van der Waals surface area contributed by atoms with Crippen LogP contribution in [0, 0.1) is 12.8 Å². The Labute approximate surface area is 109 Å². The fourth-order valence-corrected chi connectivity index (χ4v) is 2.50. The van der Waals surface area contributed by atoms with Gasteiger partial charge in [0.05, 0.1) is 5.92 Å². The fourth-order valence-electron chi connectivity index (χ4n) is 2.50. The van der Waals surface area contributed by atoms with Crippen LogP contribution in [0.15, 0.2) is 18.2 Å². The lowest BCUT2D eigenvalue weighted by Gasteiger charge is -2.23. The molecule has 1 fully saturated rings. The number of carbonyl (C=O) groups is 1. The molecule has 0 bridgehead atoms. The molecule has 1 atom stereocenters. The molecule has 1 amide bonds. The van der Waals surface area contributed by atoms with Crippen molar-refractivity contribution in [2.75, 3.05) is 18.4 Å². The number of benzene rings is 1. The van der Waals surface area contributed by atoms with Crippen molar-refractivity contribution in [1.82, 2.24) is 5.32 Å². The Morgan fingerprint density at radius 2 is 2.33 bits per heavy atom. The number of para-hydroxylation sites is 1. The second kappa shape index (κ2) is 6.01. The molecule has 2 N–H and O–H groups in total. The number of rotatable bonds is 3. The van der Waals surface area contributed by atoms with E-state index in [-0.39, 0.29) is 11.8 Å². The molecule has 0 aromatic heterocycles. The standard InChI is InChI=1S/C15H22N2O/c1-3-12-7-4-6-11(2)14(12)17-15(18)13-8-5-9-16-10-13/h4,6-7,13,16H,3,5,8-10H2,1-2H3,(H,17,18)/t13-/m0/s1. The van der Waals surface area contributed by atoms with Crippen LogP contribution >= 0.6 is 0 Å². The van der Waals surface area contributed by atoms with E-state index >= 15 is 0 Å². The third kappa shape index (κ3) is 2.91. The van der Waals surface area contributed by atoms with Crippen LogP contribution in [0.25, 0.3) is 0 Å². The van der Waals surface area contributed by atoms with Crippen LogP contribution in [-0.4, -0.2) is 19.0 Å². The second-order valence-corrected chi connectivity index (χ2v) is 5.00. The molecule has 1 heterocycles. The first-order valence-corrected chi connectivity index (χ1v) is 6.82.